The lowest BCUT2D eigenvalue weighted by Gasteiger charge is -1.98. The summed E-state index contributed by atoms with van der Waals surface area (Å²) in [5, 5.41) is 0.413. The Morgan fingerprint density at radius 1 is 1.50 bits per heavy atom. The predicted molar refractivity (Wildman–Crippen MR) is 50.9 cm³/mol. The van der Waals surface area contributed by atoms with Gasteiger partial charge in [-0.25, -0.2) is 0 Å². The van der Waals surface area contributed by atoms with Gasteiger partial charge in [0, 0.05) is 17.8 Å². The topological polar surface area (TPSA) is 88.8 Å². The molecular formula is C9H7N3O2. The number of hydrogen-bond acceptors (Lipinski definition) is 3. The van der Waals surface area contributed by atoms with E-state index in [1.807, 2.05) is 0 Å². The van der Waals surface area contributed by atoms with Crippen molar-refractivity contribution in [3.63, 3.8) is 0 Å². The summed E-state index contributed by atoms with van der Waals surface area (Å²) in [4.78, 5) is 29.1. The van der Waals surface area contributed by atoms with Gasteiger partial charge in [-0.3, -0.25) is 14.6 Å². The molecule has 2 rings (SSSR count). The van der Waals surface area contributed by atoms with Gasteiger partial charge in [-0.1, -0.05) is 0 Å². The first-order valence-corrected chi connectivity index (χ1v) is 3.95. The third-order valence-electron chi connectivity index (χ3n) is 1.95. The molecule has 0 fully saturated rings. The molecule has 0 aromatic carbocycles. The van der Waals surface area contributed by atoms with E-state index in [4.69, 9.17) is 5.73 Å². The first-order chi connectivity index (χ1) is 6.70. The normalized spacial score (nSPS) is 10.3. The van der Waals surface area contributed by atoms with E-state index in [2.05, 4.69) is 9.97 Å². The van der Waals surface area contributed by atoms with Crippen LogP contribution in [0, 0.1) is 0 Å². The molecule has 5 nitrogen and oxygen atoms in total. The number of nitrogens with one attached hydrogen (secondary N) is 1. The van der Waals surface area contributed by atoms with Crippen molar-refractivity contribution in [3.8, 4) is 0 Å². The minimum atomic E-state index is -0.732. The standard InChI is InChI=1S/C9H7N3O2/c10-9(14)6-3-12-7-4-11-2-1-5(7)8(6)13/h1-4H,(H2,10,14)(H,12,13). The Kier molecular flexibility index (Phi) is 1.78. The van der Waals surface area contributed by atoms with Crippen molar-refractivity contribution in [1.29, 1.82) is 0 Å². The van der Waals surface area contributed by atoms with Gasteiger partial charge in [0.1, 0.15) is 5.56 Å². The molecule has 0 spiro atoms. The Labute approximate surface area is 78.6 Å². The fourth-order valence-electron chi connectivity index (χ4n) is 1.25. The monoisotopic (exact) mass is 189 g/mol. The van der Waals surface area contributed by atoms with Crippen LogP contribution >= 0.6 is 0 Å². The second-order valence-electron chi connectivity index (χ2n) is 2.82. The van der Waals surface area contributed by atoms with Crippen LogP contribution in [0.2, 0.25) is 0 Å². The molecular weight excluding hydrogens is 182 g/mol. The third-order valence-corrected chi connectivity index (χ3v) is 1.95. The molecule has 0 unspecified atom stereocenters. The molecule has 1 amide bonds. The van der Waals surface area contributed by atoms with Gasteiger partial charge >= 0.3 is 0 Å². The summed E-state index contributed by atoms with van der Waals surface area (Å²) in [5.41, 5.74) is 5.21. The average molecular weight is 189 g/mol. The number of nitrogens with two attached hydrogens (primary N) is 1. The molecule has 3 N–H and O–H groups in total. The first-order valence-electron chi connectivity index (χ1n) is 3.95. The number of amides is 1. The number of pyridine rings is 2. The molecule has 2 aromatic heterocycles. The van der Waals surface area contributed by atoms with Crippen LogP contribution in [0.15, 0.2) is 29.5 Å². The number of rotatable bonds is 1. The number of aromatic nitrogens is 2. The Morgan fingerprint density at radius 3 is 3.00 bits per heavy atom. The maximum absolute atomic E-state index is 11.6. The number of carbonyl (C=O) groups is 1. The summed E-state index contributed by atoms with van der Waals surface area (Å²) in [6, 6.07) is 1.54. The summed E-state index contributed by atoms with van der Waals surface area (Å²) >= 11 is 0. The minimum Gasteiger partial charge on any atom is -0.365 e. The summed E-state index contributed by atoms with van der Waals surface area (Å²) < 4.78 is 0. The Morgan fingerprint density at radius 2 is 2.29 bits per heavy atom. The molecule has 0 radical (unpaired) electrons. The highest BCUT2D eigenvalue weighted by Crippen LogP contribution is 2.04. The van der Waals surface area contributed by atoms with Crippen LogP contribution in [0.1, 0.15) is 10.4 Å². The molecule has 0 atom stereocenters. The van der Waals surface area contributed by atoms with Crippen LogP contribution in [0.25, 0.3) is 10.9 Å². The van der Waals surface area contributed by atoms with E-state index in [9.17, 15) is 9.59 Å². The zero-order chi connectivity index (χ0) is 10.1. The second kappa shape index (κ2) is 2.95. The van der Waals surface area contributed by atoms with E-state index in [-0.39, 0.29) is 11.0 Å². The zero-order valence-corrected chi connectivity index (χ0v) is 7.15. The van der Waals surface area contributed by atoms with Crippen LogP contribution < -0.4 is 11.2 Å². The molecule has 2 heterocycles. The van der Waals surface area contributed by atoms with E-state index >= 15 is 0 Å². The number of H-pyrrole nitrogens is 1. The van der Waals surface area contributed by atoms with Crippen molar-refractivity contribution < 1.29 is 4.79 Å². The number of hydrogen-bond donors (Lipinski definition) is 2. The summed E-state index contributed by atoms with van der Waals surface area (Å²) in [5.74, 6) is -0.732. The van der Waals surface area contributed by atoms with Crippen molar-refractivity contribution in [2.45, 2.75) is 0 Å². The summed E-state index contributed by atoms with van der Waals surface area (Å²) in [6.07, 6.45) is 4.30. The van der Waals surface area contributed by atoms with E-state index in [0.717, 1.165) is 0 Å². The van der Waals surface area contributed by atoms with E-state index in [1.165, 1.54) is 18.6 Å². The summed E-state index contributed by atoms with van der Waals surface area (Å²) in [6.45, 7) is 0. The lowest BCUT2D eigenvalue weighted by molar-refractivity contribution is 0.0999. The number of nitrogens with zero attached hydrogens (tertiary/aromatic N) is 1. The van der Waals surface area contributed by atoms with Crippen molar-refractivity contribution in [1.82, 2.24) is 9.97 Å². The number of primary amides is 1. The maximum Gasteiger partial charge on any atom is 0.254 e. The van der Waals surface area contributed by atoms with E-state index in [0.29, 0.717) is 10.9 Å². The highest BCUT2D eigenvalue weighted by Gasteiger charge is 2.08. The first kappa shape index (κ1) is 8.43. The zero-order valence-electron chi connectivity index (χ0n) is 7.15. The van der Waals surface area contributed by atoms with Crippen molar-refractivity contribution in [2.75, 3.05) is 0 Å². The molecule has 0 aliphatic carbocycles. The highest BCUT2D eigenvalue weighted by atomic mass is 16.2. The second-order valence-corrected chi connectivity index (χ2v) is 2.82. The van der Waals surface area contributed by atoms with Crippen LogP contribution in [-0.2, 0) is 0 Å². The van der Waals surface area contributed by atoms with Gasteiger partial charge in [0.2, 0.25) is 5.43 Å². The Hall–Kier alpha value is -2.17. The minimum absolute atomic E-state index is 0.0382. The lowest BCUT2D eigenvalue weighted by atomic mass is 10.2. The third kappa shape index (κ3) is 1.15. The molecule has 5 heteroatoms. The molecule has 0 aliphatic heterocycles. The molecule has 0 saturated carbocycles. The molecule has 14 heavy (non-hydrogen) atoms. The van der Waals surface area contributed by atoms with Gasteiger partial charge in [0.05, 0.1) is 11.7 Å². The van der Waals surface area contributed by atoms with Crippen molar-refractivity contribution >= 4 is 16.8 Å². The number of carbonyl (C=O) groups excluding carboxylic acids is 1. The molecule has 70 valence electrons. The quantitative estimate of drug-likeness (QED) is 0.662. The molecule has 0 saturated heterocycles. The SMILES string of the molecule is NC(=O)c1c[nH]c2cnccc2c1=O. The van der Waals surface area contributed by atoms with Crippen molar-refractivity contribution in [2.24, 2.45) is 5.73 Å². The fourth-order valence-corrected chi connectivity index (χ4v) is 1.25. The number of aromatic amines is 1. The smallest absolute Gasteiger partial charge is 0.254 e. The number of fused-ring (bicyclic) bond motifs is 1. The van der Waals surface area contributed by atoms with Crippen LogP contribution in [0.3, 0.4) is 0 Å². The molecule has 2 aromatic rings. The van der Waals surface area contributed by atoms with Gasteiger partial charge in [0.25, 0.3) is 5.91 Å². The Balaban J connectivity index is 2.89. The predicted octanol–water partition coefficient (Wildman–Crippen LogP) is 0.0220. The molecule has 0 aliphatic rings. The Bertz CT molecular complexity index is 559. The lowest BCUT2D eigenvalue weighted by Crippen LogP contribution is -2.22. The molecule has 0 bridgehead atoms. The fraction of sp³-hybridized carbons (Fsp3) is 0. The van der Waals surface area contributed by atoms with Crippen LogP contribution in [0.5, 0.6) is 0 Å². The van der Waals surface area contributed by atoms with E-state index < -0.39 is 5.91 Å². The maximum atomic E-state index is 11.6. The largest absolute Gasteiger partial charge is 0.365 e. The van der Waals surface area contributed by atoms with Gasteiger partial charge in [-0.05, 0) is 6.07 Å². The van der Waals surface area contributed by atoms with Crippen molar-refractivity contribution in [3.05, 3.63) is 40.4 Å². The van der Waals surface area contributed by atoms with E-state index in [1.54, 1.807) is 6.07 Å². The highest BCUT2D eigenvalue weighted by molar-refractivity contribution is 5.95. The average Bonchev–Trinajstić information content (AvgIpc) is 2.18. The van der Waals surface area contributed by atoms with Crippen LogP contribution in [0.4, 0.5) is 0 Å². The van der Waals surface area contributed by atoms with Gasteiger partial charge < -0.3 is 10.7 Å². The summed E-state index contributed by atoms with van der Waals surface area (Å²) in [7, 11) is 0. The van der Waals surface area contributed by atoms with Gasteiger partial charge in [-0.2, -0.15) is 0 Å². The van der Waals surface area contributed by atoms with Crippen LogP contribution in [-0.4, -0.2) is 15.9 Å². The van der Waals surface area contributed by atoms with Gasteiger partial charge in [-0.15, -0.1) is 0 Å². The van der Waals surface area contributed by atoms with Gasteiger partial charge in [0.15, 0.2) is 0 Å².